The molecule has 0 aromatic carbocycles. The molecule has 1 saturated carbocycles. The molecule has 0 heterocycles. The van der Waals surface area contributed by atoms with Crippen LogP contribution in [0.15, 0.2) is 22.2 Å². The maximum atomic E-state index is 9.68. The number of hydrogen-bond donors (Lipinski definition) is 1. The lowest BCUT2D eigenvalue weighted by molar-refractivity contribution is 0.132. The zero-order chi connectivity index (χ0) is 15.6. The normalized spacial score (nSPS) is 40.1. The highest BCUT2D eigenvalue weighted by Gasteiger charge is 2.77. The van der Waals surface area contributed by atoms with Gasteiger partial charge < -0.3 is 5.11 Å². The minimum absolute atomic E-state index is 0.162. The van der Waals surface area contributed by atoms with E-state index < -0.39 is 19.7 Å². The Kier molecular flexibility index (Phi) is 4.46. The zero-order valence-corrected chi connectivity index (χ0v) is 15.4. The molecule has 0 radical (unpaired) electrons. The highest BCUT2D eigenvalue weighted by atomic mass is 35.5. The van der Waals surface area contributed by atoms with E-state index >= 15 is 0 Å². The van der Waals surface area contributed by atoms with Crippen LogP contribution in [0.25, 0.3) is 0 Å². The number of hydrogen-bond acceptors (Lipinski definition) is 1. The van der Waals surface area contributed by atoms with Gasteiger partial charge in [-0.25, -0.2) is 0 Å². The number of allylic oxidation sites excluding steroid dienone is 3. The number of halogens is 6. The van der Waals surface area contributed by atoms with Crippen LogP contribution in [-0.2, 0) is 0 Å². The minimum Gasteiger partial charge on any atom is -0.386 e. The molecule has 0 aliphatic heterocycles. The average molecular weight is 399 g/mol. The van der Waals surface area contributed by atoms with Crippen LogP contribution in [-0.4, -0.2) is 24.8 Å². The molecule has 0 amide bonds. The molecule has 0 spiro atoms. The number of rotatable bonds is 3. The first-order chi connectivity index (χ1) is 8.88. The van der Waals surface area contributed by atoms with E-state index in [2.05, 4.69) is 0 Å². The van der Waals surface area contributed by atoms with Gasteiger partial charge in [0, 0.05) is 0 Å². The SMILES string of the molecule is CC(C)(O)/C=C/C[C@@H]1C[C@@]2(Cl)C(Cl)=C(Cl)[C@@]1(Cl)C2(Cl)Cl. The van der Waals surface area contributed by atoms with Crippen molar-refractivity contribution in [3.8, 4) is 0 Å². The van der Waals surface area contributed by atoms with Gasteiger partial charge in [-0.3, -0.25) is 0 Å². The van der Waals surface area contributed by atoms with Crippen molar-refractivity contribution in [2.45, 2.75) is 46.4 Å². The first-order valence-electron chi connectivity index (χ1n) is 6.10. The summed E-state index contributed by atoms with van der Waals surface area (Å²) in [6, 6.07) is 0. The summed E-state index contributed by atoms with van der Waals surface area (Å²) in [5.74, 6) is -0.162. The van der Waals surface area contributed by atoms with Gasteiger partial charge in [0.1, 0.15) is 9.75 Å². The number of alkyl halides is 4. The van der Waals surface area contributed by atoms with Gasteiger partial charge in [-0.2, -0.15) is 0 Å². The summed E-state index contributed by atoms with van der Waals surface area (Å²) in [4.78, 5) is -2.37. The Bertz CT molecular complexity index is 492. The molecule has 2 aliphatic carbocycles. The van der Waals surface area contributed by atoms with Gasteiger partial charge in [-0.15, -0.1) is 23.2 Å². The number of aliphatic hydroxyl groups is 1. The van der Waals surface area contributed by atoms with E-state index in [4.69, 9.17) is 69.6 Å². The fourth-order valence-electron chi connectivity index (χ4n) is 2.80. The predicted molar refractivity (Wildman–Crippen MR) is 88.5 cm³/mol. The summed E-state index contributed by atoms with van der Waals surface area (Å²) < 4.78 is -1.47. The third-order valence-corrected chi connectivity index (χ3v) is 8.18. The van der Waals surface area contributed by atoms with Gasteiger partial charge in [0.2, 0.25) is 0 Å². The van der Waals surface area contributed by atoms with Crippen molar-refractivity contribution in [2.75, 3.05) is 0 Å². The molecular formula is C13H14Cl6O. The van der Waals surface area contributed by atoms with Crippen molar-refractivity contribution in [1.29, 1.82) is 0 Å². The first-order valence-corrected chi connectivity index (χ1v) is 8.36. The van der Waals surface area contributed by atoms with Gasteiger partial charge >= 0.3 is 0 Å². The molecule has 2 bridgehead atoms. The Hall–Kier alpha value is 1.18. The molecule has 0 saturated heterocycles. The molecule has 1 fully saturated rings. The highest BCUT2D eigenvalue weighted by Crippen LogP contribution is 2.74. The van der Waals surface area contributed by atoms with Crippen LogP contribution in [0.4, 0.5) is 0 Å². The lowest BCUT2D eigenvalue weighted by Crippen LogP contribution is -2.44. The topological polar surface area (TPSA) is 20.2 Å². The maximum Gasteiger partial charge on any atom is 0.166 e. The molecule has 1 nitrogen and oxygen atoms in total. The van der Waals surface area contributed by atoms with Gasteiger partial charge in [0.05, 0.1) is 15.7 Å². The second-order valence-corrected chi connectivity index (χ2v) is 9.23. The van der Waals surface area contributed by atoms with Crippen LogP contribution >= 0.6 is 69.6 Å². The number of fused-ring (bicyclic) bond motifs is 2. The fourth-order valence-corrected chi connectivity index (χ4v) is 5.65. The molecule has 114 valence electrons. The van der Waals surface area contributed by atoms with E-state index in [-0.39, 0.29) is 16.0 Å². The van der Waals surface area contributed by atoms with Crippen molar-refractivity contribution in [1.82, 2.24) is 0 Å². The van der Waals surface area contributed by atoms with E-state index in [1.54, 1.807) is 19.9 Å². The predicted octanol–water partition coefficient (Wildman–Crippen LogP) is 5.56. The molecule has 0 aromatic heterocycles. The van der Waals surface area contributed by atoms with Crippen LogP contribution < -0.4 is 0 Å². The summed E-state index contributed by atoms with van der Waals surface area (Å²) in [7, 11) is 0. The summed E-state index contributed by atoms with van der Waals surface area (Å²) >= 11 is 38.3. The molecular weight excluding hydrogens is 385 g/mol. The van der Waals surface area contributed by atoms with Crippen LogP contribution in [0.5, 0.6) is 0 Å². The van der Waals surface area contributed by atoms with E-state index in [9.17, 15) is 5.11 Å². The van der Waals surface area contributed by atoms with Crippen LogP contribution in [0.2, 0.25) is 0 Å². The zero-order valence-electron chi connectivity index (χ0n) is 10.9. The summed E-state index contributed by atoms with van der Waals surface area (Å²) in [5.41, 5.74) is -0.897. The third kappa shape index (κ3) is 2.24. The molecule has 1 N–H and O–H groups in total. The van der Waals surface area contributed by atoms with Gasteiger partial charge in [-0.05, 0) is 32.6 Å². The van der Waals surface area contributed by atoms with Crippen molar-refractivity contribution in [3.05, 3.63) is 22.2 Å². The Balaban J connectivity index is 2.31. The van der Waals surface area contributed by atoms with Gasteiger partial charge in [-0.1, -0.05) is 58.6 Å². The Morgan fingerprint density at radius 2 is 1.75 bits per heavy atom. The average Bonchev–Trinajstić information content (AvgIpc) is 2.50. The van der Waals surface area contributed by atoms with Crippen molar-refractivity contribution < 1.29 is 5.11 Å². The summed E-state index contributed by atoms with van der Waals surface area (Å²) in [6.07, 6.45) is 4.49. The van der Waals surface area contributed by atoms with Crippen LogP contribution in [0.1, 0.15) is 26.7 Å². The van der Waals surface area contributed by atoms with Crippen LogP contribution in [0, 0.1) is 5.92 Å². The monoisotopic (exact) mass is 396 g/mol. The minimum atomic E-state index is -1.47. The quantitative estimate of drug-likeness (QED) is 0.487. The van der Waals surface area contributed by atoms with Crippen LogP contribution in [0.3, 0.4) is 0 Å². The summed E-state index contributed by atoms with van der Waals surface area (Å²) in [6.45, 7) is 3.36. The van der Waals surface area contributed by atoms with Crippen molar-refractivity contribution in [2.24, 2.45) is 5.92 Å². The second kappa shape index (κ2) is 5.09. The lowest BCUT2D eigenvalue weighted by atomic mass is 9.88. The Labute approximate surface area is 148 Å². The molecule has 7 heteroatoms. The molecule has 2 rings (SSSR count). The molecule has 0 aromatic rings. The van der Waals surface area contributed by atoms with Gasteiger partial charge in [0.25, 0.3) is 0 Å². The molecule has 20 heavy (non-hydrogen) atoms. The van der Waals surface area contributed by atoms with Crippen molar-refractivity contribution >= 4 is 69.6 Å². The largest absolute Gasteiger partial charge is 0.386 e. The summed E-state index contributed by atoms with van der Waals surface area (Å²) in [5, 5.41) is 10.1. The molecule has 0 unspecified atom stereocenters. The van der Waals surface area contributed by atoms with E-state index in [1.165, 1.54) is 0 Å². The smallest absolute Gasteiger partial charge is 0.166 e. The van der Waals surface area contributed by atoms with Gasteiger partial charge in [0.15, 0.2) is 4.33 Å². The second-order valence-electron chi connectivity index (χ2n) is 5.91. The lowest BCUT2D eigenvalue weighted by Gasteiger charge is -2.33. The third-order valence-electron chi connectivity index (χ3n) is 3.85. The Morgan fingerprint density at radius 3 is 2.15 bits per heavy atom. The van der Waals surface area contributed by atoms with Crippen molar-refractivity contribution in [3.63, 3.8) is 0 Å². The van der Waals surface area contributed by atoms with E-state index in [0.717, 1.165) is 0 Å². The maximum absolute atomic E-state index is 9.68. The first kappa shape index (κ1) is 17.5. The Morgan fingerprint density at radius 1 is 1.20 bits per heavy atom. The standard InChI is InChI=1S/C13H14Cl6O/c1-10(2,20)5-3-4-7-6-11(16)8(14)9(15)12(7,17)13(11,18)19/h3,5,7,20H,4,6H2,1-2H3/b5-3+/t7-,11-,12-/m1/s1. The molecule has 3 atom stereocenters. The van der Waals surface area contributed by atoms with E-state index in [1.807, 2.05) is 6.08 Å². The highest BCUT2D eigenvalue weighted by molar-refractivity contribution is 6.65. The molecule has 2 aliphatic rings. The van der Waals surface area contributed by atoms with E-state index in [0.29, 0.717) is 12.8 Å². The fraction of sp³-hybridized carbons (Fsp3) is 0.692.